The van der Waals surface area contributed by atoms with Crippen molar-refractivity contribution in [3.8, 4) is 0 Å². The number of hydrogen-bond donors (Lipinski definition) is 3. The number of methoxy groups -OCH3 is 1. The lowest BCUT2D eigenvalue weighted by molar-refractivity contribution is -0.139. The van der Waals surface area contributed by atoms with Gasteiger partial charge in [0.2, 0.25) is 0 Å². The molecule has 2 atom stereocenters. The zero-order chi connectivity index (χ0) is 24.9. The number of carbonyl (C=O) groups excluding carboxylic acids is 1. The number of aliphatic carboxylic acids is 1. The molecule has 0 aromatic carbocycles. The molecule has 0 radical (unpaired) electrons. The van der Waals surface area contributed by atoms with Gasteiger partial charge in [0.1, 0.15) is 11.9 Å². The molecule has 34 heavy (non-hydrogen) atoms. The first-order valence-electron chi connectivity index (χ1n) is 12.6. The average Bonchev–Trinajstić information content (AvgIpc) is 2.84. The Kier molecular flexibility index (Phi) is 12.1. The number of aryl methyl sites for hydroxylation is 2. The van der Waals surface area contributed by atoms with Crippen LogP contribution in [0.15, 0.2) is 12.1 Å². The van der Waals surface area contributed by atoms with E-state index in [0.29, 0.717) is 32.6 Å². The Balaban J connectivity index is 1.86. The molecule has 9 heteroatoms. The maximum absolute atomic E-state index is 12.3. The lowest BCUT2D eigenvalue weighted by atomic mass is 10.1. The van der Waals surface area contributed by atoms with Crippen LogP contribution >= 0.6 is 0 Å². The van der Waals surface area contributed by atoms with Crippen molar-refractivity contribution in [1.82, 2.24) is 20.1 Å². The summed E-state index contributed by atoms with van der Waals surface area (Å²) in [5, 5.41) is 15.7. The smallest absolute Gasteiger partial charge is 0.326 e. The molecule has 0 fully saturated rings. The van der Waals surface area contributed by atoms with E-state index in [1.165, 1.54) is 5.56 Å². The number of pyridine rings is 1. The largest absolute Gasteiger partial charge is 0.480 e. The molecule has 0 unspecified atom stereocenters. The molecule has 192 valence electrons. The molecular weight excluding hydrogens is 434 g/mol. The van der Waals surface area contributed by atoms with Crippen LogP contribution < -0.4 is 10.6 Å². The Hall–Kier alpha value is -2.39. The quantitative estimate of drug-likeness (QED) is 0.333. The van der Waals surface area contributed by atoms with Crippen molar-refractivity contribution in [2.75, 3.05) is 51.7 Å². The van der Waals surface area contributed by atoms with Gasteiger partial charge in [-0.1, -0.05) is 6.07 Å². The van der Waals surface area contributed by atoms with Gasteiger partial charge in [0, 0.05) is 45.5 Å². The van der Waals surface area contributed by atoms with Crippen molar-refractivity contribution in [1.29, 1.82) is 0 Å². The fourth-order valence-electron chi connectivity index (χ4n) is 4.20. The number of carboxylic acids is 1. The van der Waals surface area contributed by atoms with Crippen molar-refractivity contribution in [3.05, 3.63) is 23.4 Å². The fraction of sp³-hybridized carbons (Fsp3) is 0.720. The first kappa shape index (κ1) is 27.9. The van der Waals surface area contributed by atoms with E-state index in [0.717, 1.165) is 56.7 Å². The molecule has 2 heterocycles. The van der Waals surface area contributed by atoms with E-state index in [2.05, 4.69) is 27.7 Å². The average molecular weight is 478 g/mol. The van der Waals surface area contributed by atoms with Crippen LogP contribution in [0.4, 0.5) is 10.6 Å². The van der Waals surface area contributed by atoms with Gasteiger partial charge in [-0.15, -0.1) is 0 Å². The summed E-state index contributed by atoms with van der Waals surface area (Å²) in [6.45, 7) is 9.97. The molecular formula is C25H43N5O4. The molecule has 0 saturated carbocycles. The van der Waals surface area contributed by atoms with Crippen LogP contribution in [0.2, 0.25) is 0 Å². The SMILES string of the molecule is CCN(CC)C(=O)N[C@@H](CCN(CCCCc1ccc2c(n1)NCCC2)C[C@@H](C)OC)C(=O)O. The zero-order valence-corrected chi connectivity index (χ0v) is 21.3. The second-order valence-electron chi connectivity index (χ2n) is 8.95. The van der Waals surface area contributed by atoms with E-state index in [4.69, 9.17) is 9.72 Å². The third-order valence-corrected chi connectivity index (χ3v) is 6.41. The van der Waals surface area contributed by atoms with Crippen molar-refractivity contribution >= 4 is 17.8 Å². The monoisotopic (exact) mass is 477 g/mol. The molecule has 0 bridgehead atoms. The lowest BCUT2D eigenvalue weighted by Crippen LogP contribution is -2.49. The molecule has 1 aromatic heterocycles. The van der Waals surface area contributed by atoms with Crippen LogP contribution in [0.1, 0.15) is 57.7 Å². The van der Waals surface area contributed by atoms with Crippen LogP contribution in [0.5, 0.6) is 0 Å². The molecule has 1 aliphatic rings. The Labute approximate surface area is 204 Å². The number of anilines is 1. The number of unbranched alkanes of at least 4 members (excludes halogenated alkanes) is 1. The summed E-state index contributed by atoms with van der Waals surface area (Å²) in [5.41, 5.74) is 2.41. The van der Waals surface area contributed by atoms with Crippen molar-refractivity contribution in [2.45, 2.75) is 71.4 Å². The highest BCUT2D eigenvalue weighted by molar-refractivity contribution is 5.82. The van der Waals surface area contributed by atoms with Crippen molar-refractivity contribution < 1.29 is 19.4 Å². The van der Waals surface area contributed by atoms with E-state index in [1.54, 1.807) is 12.0 Å². The van der Waals surface area contributed by atoms with E-state index >= 15 is 0 Å². The van der Waals surface area contributed by atoms with Gasteiger partial charge in [0.05, 0.1) is 6.10 Å². The zero-order valence-electron chi connectivity index (χ0n) is 21.3. The number of hydrogen-bond acceptors (Lipinski definition) is 6. The minimum absolute atomic E-state index is 0.0435. The number of urea groups is 1. The predicted octanol–water partition coefficient (Wildman–Crippen LogP) is 2.99. The number of carboxylic acid groups (broad SMARTS) is 1. The Morgan fingerprint density at radius 1 is 1.24 bits per heavy atom. The fourth-order valence-corrected chi connectivity index (χ4v) is 4.20. The van der Waals surface area contributed by atoms with E-state index < -0.39 is 12.0 Å². The van der Waals surface area contributed by atoms with Crippen LogP contribution in [0.3, 0.4) is 0 Å². The first-order valence-corrected chi connectivity index (χ1v) is 12.6. The highest BCUT2D eigenvalue weighted by atomic mass is 16.5. The molecule has 1 aromatic rings. The minimum Gasteiger partial charge on any atom is -0.480 e. The summed E-state index contributed by atoms with van der Waals surface area (Å²) in [4.78, 5) is 32.7. The minimum atomic E-state index is -1.01. The number of ether oxygens (including phenoxy) is 1. The van der Waals surface area contributed by atoms with Gasteiger partial charge in [-0.2, -0.15) is 0 Å². The van der Waals surface area contributed by atoms with Crippen LogP contribution in [-0.2, 0) is 22.4 Å². The summed E-state index contributed by atoms with van der Waals surface area (Å²) in [6, 6.07) is 3.07. The molecule has 0 aliphatic carbocycles. The highest BCUT2D eigenvalue weighted by Gasteiger charge is 2.23. The summed E-state index contributed by atoms with van der Waals surface area (Å²) in [6.07, 6.45) is 5.54. The van der Waals surface area contributed by atoms with E-state index in [-0.39, 0.29) is 12.1 Å². The van der Waals surface area contributed by atoms with E-state index in [9.17, 15) is 14.7 Å². The predicted molar refractivity (Wildman–Crippen MR) is 134 cm³/mol. The number of rotatable bonds is 15. The first-order chi connectivity index (χ1) is 16.4. The van der Waals surface area contributed by atoms with Crippen molar-refractivity contribution in [2.24, 2.45) is 0 Å². The van der Waals surface area contributed by atoms with Gasteiger partial charge in [-0.05, 0) is 77.5 Å². The number of amides is 2. The standard InChI is InChI=1S/C25H43N5O4/c1-5-30(6-2)25(33)28-22(24(31)32)14-17-29(18-19(3)34-4)16-8-7-11-21-13-12-20-10-9-15-26-23(20)27-21/h12-13,19,22H,5-11,14-18H2,1-4H3,(H,26,27)(H,28,33)(H,31,32)/t19-,22+/m1/s1. The van der Waals surface area contributed by atoms with Gasteiger partial charge in [0.25, 0.3) is 0 Å². The molecule has 2 amide bonds. The summed E-state index contributed by atoms with van der Waals surface area (Å²) < 4.78 is 5.44. The number of fused-ring (bicyclic) bond motifs is 1. The Bertz CT molecular complexity index is 772. The summed E-state index contributed by atoms with van der Waals surface area (Å²) >= 11 is 0. The number of aromatic nitrogens is 1. The molecule has 0 saturated heterocycles. The van der Waals surface area contributed by atoms with Gasteiger partial charge < -0.3 is 30.3 Å². The summed E-state index contributed by atoms with van der Waals surface area (Å²) in [7, 11) is 1.68. The Morgan fingerprint density at radius 3 is 2.68 bits per heavy atom. The summed E-state index contributed by atoms with van der Waals surface area (Å²) in [5.74, 6) is 0.0260. The van der Waals surface area contributed by atoms with Gasteiger partial charge in [0.15, 0.2) is 0 Å². The maximum atomic E-state index is 12.3. The number of nitrogens with one attached hydrogen (secondary N) is 2. The molecule has 9 nitrogen and oxygen atoms in total. The normalized spacial score (nSPS) is 14.7. The van der Waals surface area contributed by atoms with E-state index in [1.807, 2.05) is 20.8 Å². The molecule has 2 rings (SSSR count). The number of nitrogens with zero attached hydrogens (tertiary/aromatic N) is 3. The van der Waals surface area contributed by atoms with Crippen LogP contribution in [0.25, 0.3) is 0 Å². The Morgan fingerprint density at radius 2 is 2.00 bits per heavy atom. The third kappa shape index (κ3) is 9.10. The molecule has 1 aliphatic heterocycles. The number of carbonyl (C=O) groups is 2. The van der Waals surface area contributed by atoms with Crippen LogP contribution in [0, 0.1) is 0 Å². The molecule has 3 N–H and O–H groups in total. The van der Waals surface area contributed by atoms with Gasteiger partial charge in [-0.25, -0.2) is 14.6 Å². The second-order valence-corrected chi connectivity index (χ2v) is 8.95. The van der Waals surface area contributed by atoms with Crippen LogP contribution in [-0.4, -0.2) is 90.4 Å². The highest BCUT2D eigenvalue weighted by Crippen LogP contribution is 2.20. The van der Waals surface area contributed by atoms with Gasteiger partial charge in [-0.3, -0.25) is 0 Å². The van der Waals surface area contributed by atoms with Crippen molar-refractivity contribution in [3.63, 3.8) is 0 Å². The third-order valence-electron chi connectivity index (χ3n) is 6.41. The molecule has 0 spiro atoms. The van der Waals surface area contributed by atoms with Gasteiger partial charge >= 0.3 is 12.0 Å². The topological polar surface area (TPSA) is 107 Å². The second kappa shape index (κ2) is 14.8. The maximum Gasteiger partial charge on any atom is 0.326 e. The lowest BCUT2D eigenvalue weighted by Gasteiger charge is -2.27.